The van der Waals surface area contributed by atoms with Crippen molar-refractivity contribution in [2.24, 2.45) is 5.41 Å². The van der Waals surface area contributed by atoms with E-state index in [1.807, 2.05) is 6.92 Å². The number of anilines is 1. The fourth-order valence-electron chi connectivity index (χ4n) is 1.51. The van der Waals surface area contributed by atoms with Gasteiger partial charge in [-0.1, -0.05) is 13.8 Å². The second-order valence-electron chi connectivity index (χ2n) is 4.54. The molecule has 1 aromatic rings. The van der Waals surface area contributed by atoms with Gasteiger partial charge in [-0.15, -0.1) is 0 Å². The summed E-state index contributed by atoms with van der Waals surface area (Å²) in [5.41, 5.74) is 0.380. The summed E-state index contributed by atoms with van der Waals surface area (Å²) < 4.78 is 5.31. The lowest BCUT2D eigenvalue weighted by Gasteiger charge is -2.07. The fraction of sp³-hybridized carbons (Fsp3) is 0.636. The van der Waals surface area contributed by atoms with E-state index in [9.17, 15) is 0 Å². The van der Waals surface area contributed by atoms with Crippen LogP contribution in [-0.2, 0) is 0 Å². The standard InChI is InChI=1S/C11H17N3O/c1-4-15-9-5-6-12-10(14-9)13-8-7-11(8,2)3/h5-6,8H,4,7H2,1-3H3,(H,12,13,14). The normalized spacial score (nSPS) is 22.2. The molecule has 15 heavy (non-hydrogen) atoms. The molecule has 0 radical (unpaired) electrons. The molecule has 82 valence electrons. The number of hydrogen-bond acceptors (Lipinski definition) is 4. The molecule has 2 rings (SSSR count). The molecule has 0 saturated heterocycles. The van der Waals surface area contributed by atoms with Gasteiger partial charge in [0.1, 0.15) is 0 Å². The van der Waals surface area contributed by atoms with E-state index in [2.05, 4.69) is 29.1 Å². The topological polar surface area (TPSA) is 47.0 Å². The van der Waals surface area contributed by atoms with Crippen molar-refractivity contribution in [3.8, 4) is 5.88 Å². The maximum absolute atomic E-state index is 5.31. The second-order valence-corrected chi connectivity index (χ2v) is 4.54. The average molecular weight is 207 g/mol. The van der Waals surface area contributed by atoms with Gasteiger partial charge in [-0.2, -0.15) is 4.98 Å². The molecular weight excluding hydrogens is 190 g/mol. The number of hydrogen-bond donors (Lipinski definition) is 1. The molecule has 1 aliphatic carbocycles. The van der Waals surface area contributed by atoms with Crippen LogP contribution in [0.4, 0.5) is 5.95 Å². The maximum atomic E-state index is 5.31. The fourth-order valence-corrected chi connectivity index (χ4v) is 1.51. The van der Waals surface area contributed by atoms with Crippen molar-refractivity contribution in [2.45, 2.75) is 33.2 Å². The zero-order valence-corrected chi connectivity index (χ0v) is 9.45. The SMILES string of the molecule is CCOc1ccnc(NC2CC2(C)C)n1. The molecule has 1 atom stereocenters. The molecule has 0 bridgehead atoms. The Morgan fingerprint density at radius 1 is 1.60 bits per heavy atom. The first-order valence-corrected chi connectivity index (χ1v) is 5.34. The highest BCUT2D eigenvalue weighted by Gasteiger charge is 2.46. The summed E-state index contributed by atoms with van der Waals surface area (Å²) in [6.07, 6.45) is 2.89. The lowest BCUT2D eigenvalue weighted by atomic mass is 10.2. The number of nitrogens with zero attached hydrogens (tertiary/aromatic N) is 2. The van der Waals surface area contributed by atoms with E-state index in [-0.39, 0.29) is 0 Å². The van der Waals surface area contributed by atoms with Crippen LogP contribution in [0.15, 0.2) is 12.3 Å². The first kappa shape index (κ1) is 10.2. The van der Waals surface area contributed by atoms with Crippen LogP contribution in [0, 0.1) is 5.41 Å². The van der Waals surface area contributed by atoms with E-state index in [1.54, 1.807) is 12.3 Å². The molecular formula is C11H17N3O. The molecule has 4 nitrogen and oxygen atoms in total. The molecule has 4 heteroatoms. The number of ether oxygens (including phenoxy) is 1. The van der Waals surface area contributed by atoms with E-state index >= 15 is 0 Å². The third kappa shape index (κ3) is 2.37. The Hall–Kier alpha value is -1.32. The highest BCUT2D eigenvalue weighted by atomic mass is 16.5. The van der Waals surface area contributed by atoms with Crippen molar-refractivity contribution in [3.05, 3.63) is 12.3 Å². The van der Waals surface area contributed by atoms with Crippen molar-refractivity contribution >= 4 is 5.95 Å². The van der Waals surface area contributed by atoms with Crippen molar-refractivity contribution in [1.82, 2.24) is 9.97 Å². The largest absolute Gasteiger partial charge is 0.478 e. The Kier molecular flexibility index (Phi) is 2.50. The molecule has 0 amide bonds. The molecule has 0 spiro atoms. The van der Waals surface area contributed by atoms with Gasteiger partial charge in [-0.05, 0) is 18.8 Å². The van der Waals surface area contributed by atoms with E-state index in [0.717, 1.165) is 0 Å². The summed E-state index contributed by atoms with van der Waals surface area (Å²) in [6.45, 7) is 7.04. The summed E-state index contributed by atoms with van der Waals surface area (Å²) in [5, 5.41) is 3.30. The van der Waals surface area contributed by atoms with Crippen LogP contribution in [0.5, 0.6) is 5.88 Å². The van der Waals surface area contributed by atoms with Gasteiger partial charge in [-0.25, -0.2) is 4.98 Å². The lowest BCUT2D eigenvalue weighted by Crippen LogP contribution is -2.11. The predicted octanol–water partition coefficient (Wildman–Crippen LogP) is 2.09. The summed E-state index contributed by atoms with van der Waals surface area (Å²) in [4.78, 5) is 8.43. The van der Waals surface area contributed by atoms with Gasteiger partial charge in [0.15, 0.2) is 0 Å². The van der Waals surface area contributed by atoms with Crippen molar-refractivity contribution < 1.29 is 4.74 Å². The van der Waals surface area contributed by atoms with Gasteiger partial charge in [-0.3, -0.25) is 0 Å². The third-order valence-electron chi connectivity index (χ3n) is 2.74. The van der Waals surface area contributed by atoms with Crippen LogP contribution in [0.2, 0.25) is 0 Å². The molecule has 1 N–H and O–H groups in total. The minimum atomic E-state index is 0.380. The molecule has 0 aliphatic heterocycles. The smallest absolute Gasteiger partial charge is 0.226 e. The van der Waals surface area contributed by atoms with Crippen LogP contribution in [0.3, 0.4) is 0 Å². The Balaban J connectivity index is 2.00. The van der Waals surface area contributed by atoms with Crippen molar-refractivity contribution in [3.63, 3.8) is 0 Å². The Morgan fingerprint density at radius 3 is 2.93 bits per heavy atom. The van der Waals surface area contributed by atoms with Gasteiger partial charge in [0.25, 0.3) is 0 Å². The zero-order chi connectivity index (χ0) is 10.9. The number of nitrogens with one attached hydrogen (secondary N) is 1. The van der Waals surface area contributed by atoms with E-state index in [1.165, 1.54) is 6.42 Å². The summed E-state index contributed by atoms with van der Waals surface area (Å²) in [6, 6.07) is 2.27. The van der Waals surface area contributed by atoms with Crippen LogP contribution < -0.4 is 10.1 Å². The van der Waals surface area contributed by atoms with E-state index in [0.29, 0.717) is 29.9 Å². The average Bonchev–Trinajstić information content (AvgIpc) is 2.74. The number of aromatic nitrogens is 2. The highest BCUT2D eigenvalue weighted by Crippen LogP contribution is 2.46. The van der Waals surface area contributed by atoms with Gasteiger partial charge >= 0.3 is 0 Å². The molecule has 1 fully saturated rings. The second kappa shape index (κ2) is 3.68. The van der Waals surface area contributed by atoms with Gasteiger partial charge in [0, 0.05) is 18.3 Å². The number of rotatable bonds is 4. The van der Waals surface area contributed by atoms with Crippen molar-refractivity contribution in [2.75, 3.05) is 11.9 Å². The van der Waals surface area contributed by atoms with Crippen LogP contribution >= 0.6 is 0 Å². The minimum absolute atomic E-state index is 0.380. The first-order valence-electron chi connectivity index (χ1n) is 5.34. The van der Waals surface area contributed by atoms with Crippen LogP contribution in [-0.4, -0.2) is 22.6 Å². The maximum Gasteiger partial charge on any atom is 0.226 e. The summed E-state index contributed by atoms with van der Waals surface area (Å²) in [5.74, 6) is 1.30. The predicted molar refractivity (Wildman–Crippen MR) is 59.0 cm³/mol. The Labute approximate surface area is 90.1 Å². The van der Waals surface area contributed by atoms with E-state index in [4.69, 9.17) is 4.74 Å². The highest BCUT2D eigenvalue weighted by molar-refractivity contribution is 5.33. The molecule has 1 heterocycles. The molecule has 1 aliphatic rings. The first-order chi connectivity index (χ1) is 7.12. The van der Waals surface area contributed by atoms with E-state index < -0.39 is 0 Å². The lowest BCUT2D eigenvalue weighted by molar-refractivity contribution is 0.326. The van der Waals surface area contributed by atoms with Gasteiger partial charge < -0.3 is 10.1 Å². The Bertz CT molecular complexity index is 351. The monoisotopic (exact) mass is 207 g/mol. The van der Waals surface area contributed by atoms with Crippen molar-refractivity contribution in [1.29, 1.82) is 0 Å². The minimum Gasteiger partial charge on any atom is -0.478 e. The van der Waals surface area contributed by atoms with Crippen LogP contribution in [0.25, 0.3) is 0 Å². The van der Waals surface area contributed by atoms with Crippen LogP contribution in [0.1, 0.15) is 27.2 Å². The molecule has 1 aromatic heterocycles. The molecule has 0 aromatic carbocycles. The summed E-state index contributed by atoms with van der Waals surface area (Å²) >= 11 is 0. The molecule has 1 saturated carbocycles. The third-order valence-corrected chi connectivity index (χ3v) is 2.74. The quantitative estimate of drug-likeness (QED) is 0.821. The summed E-state index contributed by atoms with van der Waals surface area (Å²) in [7, 11) is 0. The Morgan fingerprint density at radius 2 is 2.33 bits per heavy atom. The molecule has 1 unspecified atom stereocenters. The van der Waals surface area contributed by atoms with Gasteiger partial charge in [0.2, 0.25) is 11.8 Å². The zero-order valence-electron chi connectivity index (χ0n) is 9.45. The van der Waals surface area contributed by atoms with Gasteiger partial charge in [0.05, 0.1) is 6.61 Å².